The molecule has 2 saturated heterocycles. The predicted molar refractivity (Wildman–Crippen MR) is 77.8 cm³/mol. The summed E-state index contributed by atoms with van der Waals surface area (Å²) >= 11 is 0. The third-order valence-electron chi connectivity index (χ3n) is 4.36. The Morgan fingerprint density at radius 1 is 1.10 bits per heavy atom. The molecule has 20 heavy (non-hydrogen) atoms. The zero-order valence-corrected chi connectivity index (χ0v) is 12.1. The number of likely N-dealkylation sites (tertiary alicyclic amines) is 1. The van der Waals surface area contributed by atoms with Gasteiger partial charge in [-0.2, -0.15) is 0 Å². The van der Waals surface area contributed by atoms with E-state index in [1.165, 1.54) is 19.3 Å². The average molecular weight is 274 g/mol. The maximum absolute atomic E-state index is 12.5. The number of hydrogen-bond donors (Lipinski definition) is 0. The van der Waals surface area contributed by atoms with Crippen LogP contribution >= 0.6 is 0 Å². The van der Waals surface area contributed by atoms with Crippen molar-refractivity contribution in [3.63, 3.8) is 0 Å². The summed E-state index contributed by atoms with van der Waals surface area (Å²) < 4.78 is 0. The van der Waals surface area contributed by atoms with Crippen LogP contribution in [0.2, 0.25) is 0 Å². The molecule has 1 aromatic rings. The molecule has 0 radical (unpaired) electrons. The lowest BCUT2D eigenvalue weighted by Gasteiger charge is -2.33. The van der Waals surface area contributed by atoms with Gasteiger partial charge in [0.25, 0.3) is 5.91 Å². The van der Waals surface area contributed by atoms with Crippen molar-refractivity contribution in [1.82, 2.24) is 15.1 Å². The SMILES string of the molecule is CC1CCCCN1C(=O)c1ccc(N2CCCC2)nn1. The Labute approximate surface area is 120 Å². The number of carbonyl (C=O) groups excluding carboxylic acids is 1. The normalized spacial score (nSPS) is 23.1. The summed E-state index contributed by atoms with van der Waals surface area (Å²) in [5, 5.41) is 8.38. The number of nitrogens with zero attached hydrogens (tertiary/aromatic N) is 4. The zero-order valence-electron chi connectivity index (χ0n) is 12.1. The Bertz CT molecular complexity index is 467. The largest absolute Gasteiger partial charge is 0.355 e. The van der Waals surface area contributed by atoms with Crippen LogP contribution in [0.5, 0.6) is 0 Å². The first-order valence-corrected chi connectivity index (χ1v) is 7.65. The van der Waals surface area contributed by atoms with Crippen molar-refractivity contribution in [2.24, 2.45) is 0 Å². The molecule has 1 unspecified atom stereocenters. The Hall–Kier alpha value is -1.65. The molecule has 3 rings (SSSR count). The van der Waals surface area contributed by atoms with E-state index in [0.29, 0.717) is 11.7 Å². The molecular weight excluding hydrogens is 252 g/mol. The number of hydrogen-bond acceptors (Lipinski definition) is 4. The highest BCUT2D eigenvalue weighted by Gasteiger charge is 2.25. The molecule has 0 aliphatic carbocycles. The second-order valence-corrected chi connectivity index (χ2v) is 5.81. The van der Waals surface area contributed by atoms with Gasteiger partial charge >= 0.3 is 0 Å². The van der Waals surface area contributed by atoms with Crippen LogP contribution in [-0.2, 0) is 0 Å². The average Bonchev–Trinajstić information content (AvgIpc) is 3.01. The van der Waals surface area contributed by atoms with Gasteiger partial charge in [-0.05, 0) is 51.2 Å². The van der Waals surface area contributed by atoms with Crippen LogP contribution in [0.1, 0.15) is 49.5 Å². The highest BCUT2D eigenvalue weighted by molar-refractivity contribution is 5.92. The zero-order chi connectivity index (χ0) is 13.9. The first-order valence-electron chi connectivity index (χ1n) is 7.65. The van der Waals surface area contributed by atoms with E-state index < -0.39 is 0 Å². The molecule has 0 aromatic carbocycles. The maximum Gasteiger partial charge on any atom is 0.274 e. The Morgan fingerprint density at radius 2 is 1.85 bits per heavy atom. The van der Waals surface area contributed by atoms with Crippen LogP contribution in [0.25, 0.3) is 0 Å². The molecule has 2 aliphatic rings. The number of carbonyl (C=O) groups is 1. The summed E-state index contributed by atoms with van der Waals surface area (Å²) in [7, 11) is 0. The minimum atomic E-state index is 0.0256. The quantitative estimate of drug-likeness (QED) is 0.828. The molecule has 5 nitrogen and oxygen atoms in total. The van der Waals surface area contributed by atoms with Gasteiger partial charge in [-0.25, -0.2) is 0 Å². The van der Waals surface area contributed by atoms with Gasteiger partial charge in [0.2, 0.25) is 0 Å². The fourth-order valence-corrected chi connectivity index (χ4v) is 3.10. The van der Waals surface area contributed by atoms with Gasteiger partial charge in [0.05, 0.1) is 0 Å². The van der Waals surface area contributed by atoms with Crippen molar-refractivity contribution in [1.29, 1.82) is 0 Å². The summed E-state index contributed by atoms with van der Waals surface area (Å²) in [6.07, 6.45) is 5.83. The molecule has 0 N–H and O–H groups in total. The fourth-order valence-electron chi connectivity index (χ4n) is 3.10. The topological polar surface area (TPSA) is 49.3 Å². The summed E-state index contributed by atoms with van der Waals surface area (Å²) in [6, 6.07) is 4.07. The number of rotatable bonds is 2. The van der Waals surface area contributed by atoms with Crippen molar-refractivity contribution in [3.8, 4) is 0 Å². The lowest BCUT2D eigenvalue weighted by Crippen LogP contribution is -2.42. The molecule has 5 heteroatoms. The van der Waals surface area contributed by atoms with Gasteiger partial charge in [-0.3, -0.25) is 4.79 Å². The van der Waals surface area contributed by atoms with Gasteiger partial charge in [0.15, 0.2) is 11.5 Å². The van der Waals surface area contributed by atoms with E-state index in [9.17, 15) is 4.79 Å². The second-order valence-electron chi connectivity index (χ2n) is 5.81. The summed E-state index contributed by atoms with van der Waals surface area (Å²) in [5.41, 5.74) is 0.474. The summed E-state index contributed by atoms with van der Waals surface area (Å²) in [5.74, 6) is 0.920. The highest BCUT2D eigenvalue weighted by Crippen LogP contribution is 2.20. The van der Waals surface area contributed by atoms with E-state index in [4.69, 9.17) is 0 Å². The fraction of sp³-hybridized carbons (Fsp3) is 0.667. The third-order valence-corrected chi connectivity index (χ3v) is 4.36. The summed E-state index contributed by atoms with van der Waals surface area (Å²) in [4.78, 5) is 16.6. The Kier molecular flexibility index (Phi) is 3.85. The molecule has 0 saturated carbocycles. The van der Waals surface area contributed by atoms with Crippen LogP contribution in [0.4, 0.5) is 5.82 Å². The van der Waals surface area contributed by atoms with Gasteiger partial charge in [-0.1, -0.05) is 0 Å². The van der Waals surface area contributed by atoms with Gasteiger partial charge < -0.3 is 9.80 Å². The van der Waals surface area contributed by atoms with Crippen LogP contribution in [-0.4, -0.2) is 46.7 Å². The Balaban J connectivity index is 1.71. The first kappa shape index (κ1) is 13.3. The second kappa shape index (κ2) is 5.77. The van der Waals surface area contributed by atoms with Gasteiger partial charge in [-0.15, -0.1) is 10.2 Å². The van der Waals surface area contributed by atoms with Gasteiger partial charge in [0.1, 0.15) is 0 Å². The van der Waals surface area contributed by atoms with Crippen LogP contribution < -0.4 is 4.90 Å². The van der Waals surface area contributed by atoms with E-state index in [0.717, 1.165) is 38.3 Å². The monoisotopic (exact) mass is 274 g/mol. The van der Waals surface area contributed by atoms with Crippen molar-refractivity contribution >= 4 is 11.7 Å². The molecule has 3 heterocycles. The van der Waals surface area contributed by atoms with Crippen LogP contribution in [0.15, 0.2) is 12.1 Å². The first-order chi connectivity index (χ1) is 9.75. The lowest BCUT2D eigenvalue weighted by atomic mass is 10.0. The van der Waals surface area contributed by atoms with Crippen molar-refractivity contribution in [3.05, 3.63) is 17.8 Å². The minimum Gasteiger partial charge on any atom is -0.355 e. The standard InChI is InChI=1S/C15H22N4O/c1-12-6-2-3-11-19(12)15(20)13-7-8-14(17-16-13)18-9-4-5-10-18/h7-8,12H,2-6,9-11H2,1H3. The van der Waals surface area contributed by atoms with Crippen LogP contribution in [0.3, 0.4) is 0 Å². The van der Waals surface area contributed by atoms with E-state index in [2.05, 4.69) is 22.0 Å². The molecule has 1 atom stereocenters. The number of aromatic nitrogens is 2. The third kappa shape index (κ3) is 2.62. The van der Waals surface area contributed by atoms with E-state index in [-0.39, 0.29) is 5.91 Å². The van der Waals surface area contributed by atoms with Crippen molar-refractivity contribution in [2.75, 3.05) is 24.5 Å². The number of piperidine rings is 1. The molecule has 2 fully saturated rings. The van der Waals surface area contributed by atoms with Crippen molar-refractivity contribution < 1.29 is 4.79 Å². The predicted octanol–water partition coefficient (Wildman–Crippen LogP) is 2.09. The van der Waals surface area contributed by atoms with Crippen molar-refractivity contribution in [2.45, 2.75) is 45.1 Å². The van der Waals surface area contributed by atoms with E-state index >= 15 is 0 Å². The van der Waals surface area contributed by atoms with E-state index in [1.54, 1.807) is 0 Å². The smallest absolute Gasteiger partial charge is 0.274 e. The molecule has 2 aliphatic heterocycles. The summed E-state index contributed by atoms with van der Waals surface area (Å²) in [6.45, 7) is 5.05. The molecule has 1 aromatic heterocycles. The highest BCUT2D eigenvalue weighted by atomic mass is 16.2. The Morgan fingerprint density at radius 3 is 2.50 bits per heavy atom. The van der Waals surface area contributed by atoms with Gasteiger partial charge in [0, 0.05) is 25.7 Å². The molecule has 1 amide bonds. The number of amides is 1. The minimum absolute atomic E-state index is 0.0256. The maximum atomic E-state index is 12.5. The lowest BCUT2D eigenvalue weighted by molar-refractivity contribution is 0.0628. The molecular formula is C15H22N4O. The van der Waals surface area contributed by atoms with Crippen LogP contribution in [0, 0.1) is 0 Å². The molecule has 0 bridgehead atoms. The molecule has 108 valence electrons. The molecule has 0 spiro atoms. The van der Waals surface area contributed by atoms with E-state index in [1.807, 2.05) is 17.0 Å². The number of anilines is 1.